The first kappa shape index (κ1) is 6.71. The molecule has 62 valence electrons. The Morgan fingerprint density at radius 2 is 1.67 bits per heavy atom. The molecule has 0 unspecified atom stereocenters. The van der Waals surface area contributed by atoms with Gasteiger partial charge in [0.1, 0.15) is 0 Å². The van der Waals surface area contributed by atoms with Gasteiger partial charge in [0.25, 0.3) is 0 Å². The molecule has 0 aromatic heterocycles. The minimum atomic E-state index is 1.20. The Morgan fingerprint density at radius 1 is 0.833 bits per heavy atom. The lowest BCUT2D eigenvalue weighted by atomic mass is 9.84. The van der Waals surface area contributed by atoms with Gasteiger partial charge in [0, 0.05) is 0 Å². The van der Waals surface area contributed by atoms with Crippen molar-refractivity contribution in [2.75, 3.05) is 0 Å². The first-order valence-electron chi connectivity index (χ1n) is 5.06. The van der Waals surface area contributed by atoms with Crippen molar-refractivity contribution >= 4 is 0 Å². The molecule has 0 aliphatic heterocycles. The predicted molar refractivity (Wildman–Crippen MR) is 50.9 cm³/mol. The molecule has 0 saturated carbocycles. The largest absolute Gasteiger partial charge is 0.0769 e. The molecule has 0 atom stereocenters. The lowest BCUT2D eigenvalue weighted by Crippen LogP contribution is -2.02. The van der Waals surface area contributed by atoms with Gasteiger partial charge < -0.3 is 0 Å². The molecule has 0 aromatic carbocycles. The van der Waals surface area contributed by atoms with Crippen LogP contribution in [-0.4, -0.2) is 0 Å². The summed E-state index contributed by atoms with van der Waals surface area (Å²) >= 11 is 0. The molecule has 0 heteroatoms. The Morgan fingerprint density at radius 3 is 2.58 bits per heavy atom. The van der Waals surface area contributed by atoms with Crippen LogP contribution in [0.3, 0.4) is 0 Å². The second kappa shape index (κ2) is 2.35. The summed E-state index contributed by atoms with van der Waals surface area (Å²) in [7, 11) is 0. The molecule has 3 aliphatic carbocycles. The van der Waals surface area contributed by atoms with Crippen molar-refractivity contribution in [1.82, 2.24) is 0 Å². The lowest BCUT2D eigenvalue weighted by molar-refractivity contribution is 0.755. The van der Waals surface area contributed by atoms with Gasteiger partial charge in [-0.25, -0.2) is 0 Å². The second-order valence-electron chi connectivity index (χ2n) is 4.03. The van der Waals surface area contributed by atoms with Crippen LogP contribution in [0.25, 0.3) is 0 Å². The van der Waals surface area contributed by atoms with Crippen LogP contribution in [0.5, 0.6) is 0 Å². The molecule has 0 spiro atoms. The summed E-state index contributed by atoms with van der Waals surface area (Å²) in [4.78, 5) is 0. The minimum Gasteiger partial charge on any atom is -0.0769 e. The molecule has 3 aliphatic rings. The van der Waals surface area contributed by atoms with E-state index in [1.807, 2.05) is 0 Å². The molecule has 0 amide bonds. The van der Waals surface area contributed by atoms with Gasteiger partial charge in [-0.1, -0.05) is 17.7 Å². The fraction of sp³-hybridized carbons (Fsp3) is 0.500. The van der Waals surface area contributed by atoms with E-state index in [1.54, 1.807) is 22.3 Å². The maximum atomic E-state index is 2.43. The van der Waals surface area contributed by atoms with Crippen LogP contribution < -0.4 is 0 Å². The highest BCUT2D eigenvalue weighted by Gasteiger charge is 2.26. The fourth-order valence-corrected chi connectivity index (χ4v) is 2.81. The summed E-state index contributed by atoms with van der Waals surface area (Å²) in [5.74, 6) is 0. The molecule has 0 nitrogen and oxygen atoms in total. The number of rotatable bonds is 0. The molecule has 0 fully saturated rings. The van der Waals surface area contributed by atoms with Crippen LogP contribution in [0.2, 0.25) is 0 Å². The minimum absolute atomic E-state index is 1.20. The van der Waals surface area contributed by atoms with E-state index in [0.29, 0.717) is 0 Å². The van der Waals surface area contributed by atoms with Crippen LogP contribution in [0.15, 0.2) is 34.4 Å². The SMILES string of the molecule is C1=C2CCCC3=C2C(=CC1)CC3. The zero-order chi connectivity index (χ0) is 7.97. The third kappa shape index (κ3) is 0.782. The summed E-state index contributed by atoms with van der Waals surface area (Å²) < 4.78 is 0. The summed E-state index contributed by atoms with van der Waals surface area (Å²) in [6.07, 6.45) is 12.9. The second-order valence-corrected chi connectivity index (χ2v) is 4.03. The van der Waals surface area contributed by atoms with Gasteiger partial charge in [-0.15, -0.1) is 0 Å². The molecule has 12 heavy (non-hydrogen) atoms. The van der Waals surface area contributed by atoms with E-state index >= 15 is 0 Å². The molecule has 0 saturated heterocycles. The van der Waals surface area contributed by atoms with E-state index in [0.717, 1.165) is 0 Å². The first-order valence-corrected chi connectivity index (χ1v) is 5.06. The van der Waals surface area contributed by atoms with Gasteiger partial charge in [-0.05, 0) is 55.2 Å². The molecule has 0 aromatic rings. The Balaban J connectivity index is 2.16. The van der Waals surface area contributed by atoms with Crippen molar-refractivity contribution < 1.29 is 0 Å². The maximum absolute atomic E-state index is 2.43. The summed E-state index contributed by atoms with van der Waals surface area (Å²) in [5, 5.41) is 0. The van der Waals surface area contributed by atoms with Crippen LogP contribution in [-0.2, 0) is 0 Å². The quantitative estimate of drug-likeness (QED) is 0.506. The molecular weight excluding hydrogens is 144 g/mol. The van der Waals surface area contributed by atoms with Gasteiger partial charge in [0.05, 0.1) is 0 Å². The zero-order valence-corrected chi connectivity index (χ0v) is 7.40. The molecule has 0 N–H and O–H groups in total. The highest BCUT2D eigenvalue weighted by molar-refractivity contribution is 5.57. The van der Waals surface area contributed by atoms with Gasteiger partial charge >= 0.3 is 0 Å². The van der Waals surface area contributed by atoms with E-state index in [4.69, 9.17) is 0 Å². The van der Waals surface area contributed by atoms with Crippen LogP contribution in [0.1, 0.15) is 38.5 Å². The Bertz CT molecular complexity index is 313. The van der Waals surface area contributed by atoms with Gasteiger partial charge in [-0.3, -0.25) is 0 Å². The monoisotopic (exact) mass is 158 g/mol. The van der Waals surface area contributed by atoms with Gasteiger partial charge in [0.15, 0.2) is 0 Å². The van der Waals surface area contributed by atoms with Crippen LogP contribution >= 0.6 is 0 Å². The van der Waals surface area contributed by atoms with Crippen molar-refractivity contribution in [2.45, 2.75) is 38.5 Å². The molecule has 3 rings (SSSR count). The van der Waals surface area contributed by atoms with Crippen LogP contribution in [0, 0.1) is 0 Å². The Labute approximate surface area is 73.7 Å². The van der Waals surface area contributed by atoms with E-state index in [2.05, 4.69) is 12.2 Å². The predicted octanol–water partition coefficient (Wildman–Crippen LogP) is 3.52. The average molecular weight is 158 g/mol. The highest BCUT2D eigenvalue weighted by Crippen LogP contribution is 2.45. The van der Waals surface area contributed by atoms with Crippen molar-refractivity contribution in [2.24, 2.45) is 0 Å². The summed E-state index contributed by atoms with van der Waals surface area (Å²) in [6.45, 7) is 0. The van der Waals surface area contributed by atoms with E-state index in [9.17, 15) is 0 Å². The average Bonchev–Trinajstić information content (AvgIpc) is 2.52. The van der Waals surface area contributed by atoms with Crippen molar-refractivity contribution in [1.29, 1.82) is 0 Å². The van der Waals surface area contributed by atoms with Crippen LogP contribution in [0.4, 0.5) is 0 Å². The Kier molecular flexibility index (Phi) is 1.31. The summed E-state index contributed by atoms with van der Waals surface area (Å²) in [5.41, 5.74) is 6.79. The lowest BCUT2D eigenvalue weighted by Gasteiger charge is -2.21. The molecule has 0 radical (unpaired) electrons. The van der Waals surface area contributed by atoms with Gasteiger partial charge in [0.2, 0.25) is 0 Å². The third-order valence-electron chi connectivity index (χ3n) is 3.35. The summed E-state index contributed by atoms with van der Waals surface area (Å²) in [6, 6.07) is 0. The highest BCUT2D eigenvalue weighted by atomic mass is 14.3. The number of hydrogen-bond donors (Lipinski definition) is 0. The molecule has 0 bridgehead atoms. The van der Waals surface area contributed by atoms with E-state index < -0.39 is 0 Å². The smallest absolute Gasteiger partial charge is 0.0157 e. The van der Waals surface area contributed by atoms with E-state index in [1.165, 1.54) is 38.5 Å². The van der Waals surface area contributed by atoms with Crippen molar-refractivity contribution in [3.63, 3.8) is 0 Å². The molecule has 0 heterocycles. The van der Waals surface area contributed by atoms with E-state index in [-0.39, 0.29) is 0 Å². The molecular formula is C12H14. The van der Waals surface area contributed by atoms with Crippen molar-refractivity contribution in [3.05, 3.63) is 34.4 Å². The number of hydrogen-bond acceptors (Lipinski definition) is 0. The fourth-order valence-electron chi connectivity index (χ4n) is 2.81. The van der Waals surface area contributed by atoms with Gasteiger partial charge in [-0.2, -0.15) is 0 Å². The third-order valence-corrected chi connectivity index (χ3v) is 3.35. The Hall–Kier alpha value is -0.780. The zero-order valence-electron chi connectivity index (χ0n) is 7.40. The normalized spacial score (nSPS) is 26.7. The van der Waals surface area contributed by atoms with Crippen molar-refractivity contribution in [3.8, 4) is 0 Å². The topological polar surface area (TPSA) is 0 Å². The standard InChI is InChI=1S/C12H14/c1-3-9-4-2-6-11-8-7-10(5-1)12(9)11/h3,5H,1-2,4,6-8H2. The number of allylic oxidation sites excluding steroid dienone is 6. The maximum Gasteiger partial charge on any atom is -0.0157 e. The first-order chi connectivity index (χ1) is 5.95.